The molecule has 0 aliphatic heterocycles. The van der Waals surface area contributed by atoms with Gasteiger partial charge in [-0.1, -0.05) is 6.92 Å². The van der Waals surface area contributed by atoms with Gasteiger partial charge in [-0.25, -0.2) is 9.97 Å². The highest BCUT2D eigenvalue weighted by atomic mass is 16.5. The van der Waals surface area contributed by atoms with E-state index in [0.717, 1.165) is 30.4 Å². The average molecular weight is 291 g/mol. The minimum Gasteiger partial charge on any atom is -0.377 e. The predicted molar refractivity (Wildman–Crippen MR) is 79.9 cm³/mol. The highest BCUT2D eigenvalue weighted by molar-refractivity contribution is 5.47. The van der Waals surface area contributed by atoms with E-state index in [2.05, 4.69) is 37.7 Å². The lowest BCUT2D eigenvalue weighted by atomic mass is 10.4. The average Bonchev–Trinajstić information content (AvgIpc) is 2.88. The zero-order valence-electron chi connectivity index (χ0n) is 12.6. The molecule has 0 radical (unpaired) electrons. The molecule has 8 nitrogen and oxygen atoms in total. The predicted octanol–water partition coefficient (Wildman–Crippen LogP) is 1.19. The molecule has 0 saturated carbocycles. The molecular weight excluding hydrogens is 270 g/mol. The second-order valence-electron chi connectivity index (χ2n) is 4.63. The topological polar surface area (TPSA) is 89.8 Å². The summed E-state index contributed by atoms with van der Waals surface area (Å²) in [5.74, 6) is 3.00. The van der Waals surface area contributed by atoms with Crippen molar-refractivity contribution in [3.05, 3.63) is 24.0 Å². The Labute approximate surface area is 124 Å². The van der Waals surface area contributed by atoms with Gasteiger partial charge >= 0.3 is 0 Å². The summed E-state index contributed by atoms with van der Waals surface area (Å²) in [5, 5.41) is 14.4. The molecule has 0 aliphatic rings. The van der Waals surface area contributed by atoms with Crippen LogP contribution >= 0.6 is 0 Å². The van der Waals surface area contributed by atoms with Crippen molar-refractivity contribution in [1.82, 2.24) is 24.7 Å². The van der Waals surface area contributed by atoms with Crippen LogP contribution in [-0.4, -0.2) is 38.4 Å². The zero-order valence-corrected chi connectivity index (χ0v) is 12.6. The number of ether oxygens (including phenoxy) is 1. The number of aromatic nitrogens is 5. The van der Waals surface area contributed by atoms with Gasteiger partial charge in [0.2, 0.25) is 0 Å². The van der Waals surface area contributed by atoms with Crippen LogP contribution in [0.3, 0.4) is 0 Å². The molecule has 2 aromatic rings. The zero-order chi connectivity index (χ0) is 15.1. The number of nitrogens with zero attached hydrogens (tertiary/aromatic N) is 5. The number of nitrogens with one attached hydrogen (secondary N) is 2. The molecule has 2 rings (SSSR count). The minimum atomic E-state index is 0.375. The number of aryl methyl sites for hydroxylation is 1. The summed E-state index contributed by atoms with van der Waals surface area (Å²) in [6, 6.07) is 1.88. The third-order valence-electron chi connectivity index (χ3n) is 2.83. The van der Waals surface area contributed by atoms with Gasteiger partial charge in [0.25, 0.3) is 0 Å². The molecule has 2 heterocycles. The Balaban J connectivity index is 2.09. The smallest absolute Gasteiger partial charge is 0.158 e. The fraction of sp³-hybridized carbons (Fsp3) is 0.538. The van der Waals surface area contributed by atoms with Gasteiger partial charge in [0.15, 0.2) is 11.6 Å². The van der Waals surface area contributed by atoms with Gasteiger partial charge in [-0.05, 0) is 6.42 Å². The molecule has 8 heteroatoms. The number of methoxy groups -OCH3 is 1. The quantitative estimate of drug-likeness (QED) is 0.755. The first kappa shape index (κ1) is 15.2. The summed E-state index contributed by atoms with van der Waals surface area (Å²) < 4.78 is 6.97. The Morgan fingerprint density at radius 1 is 1.24 bits per heavy atom. The van der Waals surface area contributed by atoms with Gasteiger partial charge in [-0.2, -0.15) is 0 Å². The van der Waals surface area contributed by atoms with Crippen LogP contribution in [0.4, 0.5) is 11.6 Å². The fourth-order valence-corrected chi connectivity index (χ4v) is 1.76. The largest absolute Gasteiger partial charge is 0.377 e. The van der Waals surface area contributed by atoms with Crippen molar-refractivity contribution >= 4 is 11.6 Å². The molecule has 0 atom stereocenters. The lowest BCUT2D eigenvalue weighted by molar-refractivity contribution is 0.178. The van der Waals surface area contributed by atoms with Crippen LogP contribution in [0.5, 0.6) is 0 Å². The Hall–Kier alpha value is -2.22. The van der Waals surface area contributed by atoms with Crippen LogP contribution in [0.2, 0.25) is 0 Å². The monoisotopic (exact) mass is 291 g/mol. The molecule has 0 fully saturated rings. The van der Waals surface area contributed by atoms with Crippen LogP contribution in [-0.2, 0) is 24.9 Å². The molecule has 0 saturated heterocycles. The van der Waals surface area contributed by atoms with Gasteiger partial charge in [0, 0.05) is 26.8 Å². The third kappa shape index (κ3) is 4.38. The van der Waals surface area contributed by atoms with E-state index in [1.807, 2.05) is 17.7 Å². The number of anilines is 2. The molecule has 0 unspecified atom stereocenters. The van der Waals surface area contributed by atoms with E-state index >= 15 is 0 Å². The van der Waals surface area contributed by atoms with Crippen molar-refractivity contribution in [3.8, 4) is 0 Å². The first-order valence-corrected chi connectivity index (χ1v) is 6.90. The Bertz CT molecular complexity index is 569. The van der Waals surface area contributed by atoms with Crippen LogP contribution < -0.4 is 10.6 Å². The molecule has 2 aromatic heterocycles. The summed E-state index contributed by atoms with van der Waals surface area (Å²) in [7, 11) is 3.53. The van der Waals surface area contributed by atoms with Crippen molar-refractivity contribution in [1.29, 1.82) is 0 Å². The lowest BCUT2D eigenvalue weighted by Gasteiger charge is -2.10. The van der Waals surface area contributed by atoms with Crippen molar-refractivity contribution < 1.29 is 4.74 Å². The van der Waals surface area contributed by atoms with E-state index in [9.17, 15) is 0 Å². The Kier molecular flexibility index (Phi) is 5.44. The van der Waals surface area contributed by atoms with Crippen molar-refractivity contribution in [2.24, 2.45) is 7.05 Å². The normalized spacial score (nSPS) is 10.6. The molecule has 0 bridgehead atoms. The highest BCUT2D eigenvalue weighted by Crippen LogP contribution is 2.13. The van der Waals surface area contributed by atoms with E-state index < -0.39 is 0 Å². The van der Waals surface area contributed by atoms with Gasteiger partial charge in [0.1, 0.15) is 24.6 Å². The molecule has 0 aromatic carbocycles. The molecule has 21 heavy (non-hydrogen) atoms. The molecular formula is C13H21N7O. The second kappa shape index (κ2) is 7.53. The van der Waals surface area contributed by atoms with Gasteiger partial charge in [0.05, 0.1) is 6.54 Å². The standard InChI is InChI=1S/C13H21N7O/c1-4-5-14-10-6-11(18-12(17-10)8-21-3)15-7-13-19-16-9-20(13)2/h6,9H,4-5,7-8H2,1-3H3,(H2,14,15,17,18). The molecule has 114 valence electrons. The van der Waals surface area contributed by atoms with E-state index in [1.165, 1.54) is 0 Å². The van der Waals surface area contributed by atoms with Crippen LogP contribution in [0.1, 0.15) is 25.0 Å². The number of rotatable bonds is 8. The molecule has 0 aliphatic carbocycles. The number of hydrogen-bond donors (Lipinski definition) is 2. The van der Waals surface area contributed by atoms with E-state index in [-0.39, 0.29) is 0 Å². The van der Waals surface area contributed by atoms with Gasteiger partial charge in [-0.15, -0.1) is 10.2 Å². The van der Waals surface area contributed by atoms with Gasteiger partial charge in [-0.3, -0.25) is 0 Å². The molecule has 2 N–H and O–H groups in total. The highest BCUT2D eigenvalue weighted by Gasteiger charge is 2.06. The van der Waals surface area contributed by atoms with Crippen molar-refractivity contribution in [2.75, 3.05) is 24.3 Å². The third-order valence-corrected chi connectivity index (χ3v) is 2.83. The number of hydrogen-bond acceptors (Lipinski definition) is 7. The molecule has 0 spiro atoms. The summed E-state index contributed by atoms with van der Waals surface area (Å²) in [4.78, 5) is 8.82. The lowest BCUT2D eigenvalue weighted by Crippen LogP contribution is -2.11. The summed E-state index contributed by atoms with van der Waals surface area (Å²) >= 11 is 0. The Morgan fingerprint density at radius 3 is 2.62 bits per heavy atom. The minimum absolute atomic E-state index is 0.375. The Morgan fingerprint density at radius 2 is 2.00 bits per heavy atom. The maximum Gasteiger partial charge on any atom is 0.158 e. The summed E-state index contributed by atoms with van der Waals surface area (Å²) in [6.45, 7) is 3.90. The van der Waals surface area contributed by atoms with E-state index in [0.29, 0.717) is 19.0 Å². The maximum atomic E-state index is 5.10. The van der Waals surface area contributed by atoms with Gasteiger partial charge < -0.3 is 19.9 Å². The SMILES string of the molecule is CCCNc1cc(NCc2nncn2C)nc(COC)n1. The first-order chi connectivity index (χ1) is 10.2. The first-order valence-electron chi connectivity index (χ1n) is 6.90. The van der Waals surface area contributed by atoms with Crippen LogP contribution in [0, 0.1) is 0 Å². The fourth-order valence-electron chi connectivity index (χ4n) is 1.76. The maximum absolute atomic E-state index is 5.10. The van der Waals surface area contributed by atoms with E-state index in [4.69, 9.17) is 4.74 Å². The summed E-state index contributed by atoms with van der Waals surface area (Å²) in [6.07, 6.45) is 2.70. The van der Waals surface area contributed by atoms with E-state index in [1.54, 1.807) is 13.4 Å². The van der Waals surface area contributed by atoms with Crippen LogP contribution in [0.15, 0.2) is 12.4 Å². The van der Waals surface area contributed by atoms with Crippen molar-refractivity contribution in [2.45, 2.75) is 26.5 Å². The second-order valence-corrected chi connectivity index (χ2v) is 4.63. The van der Waals surface area contributed by atoms with Crippen molar-refractivity contribution in [3.63, 3.8) is 0 Å². The van der Waals surface area contributed by atoms with Crippen LogP contribution in [0.25, 0.3) is 0 Å². The summed E-state index contributed by atoms with van der Waals surface area (Å²) in [5.41, 5.74) is 0. The molecule has 0 amide bonds.